The number of benzene rings is 1. The van der Waals surface area contributed by atoms with Gasteiger partial charge in [0.25, 0.3) is 0 Å². The second kappa shape index (κ2) is 8.86. The molecule has 0 spiro atoms. The van der Waals surface area contributed by atoms with Crippen LogP contribution < -0.4 is 5.32 Å². The Kier molecular flexibility index (Phi) is 7.46. The van der Waals surface area contributed by atoms with Gasteiger partial charge in [0.1, 0.15) is 0 Å². The maximum absolute atomic E-state index is 12.5. The molecule has 0 aliphatic heterocycles. The lowest BCUT2D eigenvalue weighted by atomic mass is 9.92. The fraction of sp³-hybridized carbons (Fsp3) is 0.600. The lowest BCUT2D eigenvalue weighted by molar-refractivity contribution is -0.130. The Bertz CT molecular complexity index is 551. The lowest BCUT2D eigenvalue weighted by Gasteiger charge is -2.25. The van der Waals surface area contributed by atoms with E-state index >= 15 is 0 Å². The second-order valence-electron chi connectivity index (χ2n) is 7.23. The Labute approximate surface area is 146 Å². The fourth-order valence-electron chi connectivity index (χ4n) is 2.90. The van der Waals surface area contributed by atoms with Crippen molar-refractivity contribution in [2.45, 2.75) is 72.8 Å². The number of hydrogen-bond donors (Lipinski definition) is 1. The zero-order valence-electron chi connectivity index (χ0n) is 16.1. The molecule has 24 heavy (non-hydrogen) atoms. The summed E-state index contributed by atoms with van der Waals surface area (Å²) in [5.74, 6) is 0.631. The van der Waals surface area contributed by atoms with Crippen molar-refractivity contribution in [2.24, 2.45) is 0 Å². The predicted octanol–water partition coefficient (Wildman–Crippen LogP) is 4.52. The summed E-state index contributed by atoms with van der Waals surface area (Å²) in [6.45, 7) is 14.4. The van der Waals surface area contributed by atoms with Crippen molar-refractivity contribution < 1.29 is 9.59 Å². The molecular formula is C20H32N2O2. The third kappa shape index (κ3) is 5.36. The predicted molar refractivity (Wildman–Crippen MR) is 100 cm³/mol. The van der Waals surface area contributed by atoms with Crippen LogP contribution in [0.2, 0.25) is 0 Å². The van der Waals surface area contributed by atoms with E-state index in [0.717, 1.165) is 16.8 Å². The highest BCUT2D eigenvalue weighted by Crippen LogP contribution is 2.32. The molecule has 0 heterocycles. The smallest absolute Gasteiger partial charge is 0.226 e. The molecular weight excluding hydrogens is 300 g/mol. The van der Waals surface area contributed by atoms with Crippen molar-refractivity contribution >= 4 is 17.5 Å². The molecule has 2 amide bonds. The molecule has 0 aliphatic carbocycles. The molecule has 1 rings (SSSR count). The molecule has 0 fully saturated rings. The van der Waals surface area contributed by atoms with Crippen LogP contribution >= 0.6 is 0 Å². The average Bonchev–Trinajstić information content (AvgIpc) is 2.46. The van der Waals surface area contributed by atoms with Crippen LogP contribution in [0.5, 0.6) is 0 Å². The number of nitrogens with zero attached hydrogens (tertiary/aromatic N) is 1. The van der Waals surface area contributed by atoms with Gasteiger partial charge in [0, 0.05) is 31.6 Å². The first-order chi connectivity index (χ1) is 11.1. The third-order valence-electron chi connectivity index (χ3n) is 4.24. The molecule has 4 nitrogen and oxygen atoms in total. The molecule has 4 heteroatoms. The van der Waals surface area contributed by atoms with E-state index in [4.69, 9.17) is 0 Å². The first kappa shape index (κ1) is 20.2. The molecule has 0 atom stereocenters. The minimum Gasteiger partial charge on any atom is -0.340 e. The van der Waals surface area contributed by atoms with Gasteiger partial charge in [-0.25, -0.2) is 0 Å². The van der Waals surface area contributed by atoms with E-state index in [1.165, 1.54) is 0 Å². The first-order valence-corrected chi connectivity index (χ1v) is 8.85. The molecule has 1 aromatic carbocycles. The molecule has 0 aliphatic rings. The number of anilines is 1. The van der Waals surface area contributed by atoms with E-state index in [0.29, 0.717) is 24.8 Å². The summed E-state index contributed by atoms with van der Waals surface area (Å²) in [4.78, 5) is 25.8. The van der Waals surface area contributed by atoms with Gasteiger partial charge < -0.3 is 10.2 Å². The number of rotatable bonds is 7. The number of hydrogen-bond acceptors (Lipinski definition) is 2. The second-order valence-corrected chi connectivity index (χ2v) is 7.23. The summed E-state index contributed by atoms with van der Waals surface area (Å²) in [6, 6.07) is 6.30. The van der Waals surface area contributed by atoms with Gasteiger partial charge in [-0.05, 0) is 36.8 Å². The highest BCUT2D eigenvalue weighted by atomic mass is 16.2. The zero-order valence-corrected chi connectivity index (χ0v) is 16.1. The van der Waals surface area contributed by atoms with Gasteiger partial charge in [-0.1, -0.05) is 45.9 Å². The first-order valence-electron chi connectivity index (χ1n) is 8.85. The molecule has 0 bridgehead atoms. The summed E-state index contributed by atoms with van der Waals surface area (Å²) in [6.07, 6.45) is 0.307. The Morgan fingerprint density at radius 3 is 1.88 bits per heavy atom. The molecule has 0 unspecified atom stereocenters. The highest BCUT2D eigenvalue weighted by molar-refractivity contribution is 5.93. The fourth-order valence-corrected chi connectivity index (χ4v) is 2.90. The van der Waals surface area contributed by atoms with E-state index in [1.54, 1.807) is 11.8 Å². The Morgan fingerprint density at radius 2 is 1.50 bits per heavy atom. The number of nitrogens with one attached hydrogen (secondary N) is 1. The molecule has 134 valence electrons. The number of amides is 2. The van der Waals surface area contributed by atoms with Crippen molar-refractivity contribution in [1.29, 1.82) is 0 Å². The summed E-state index contributed by atoms with van der Waals surface area (Å²) in [5, 5.41) is 3.10. The maximum atomic E-state index is 12.5. The van der Waals surface area contributed by atoms with Crippen LogP contribution in [0.15, 0.2) is 18.2 Å². The van der Waals surface area contributed by atoms with E-state index < -0.39 is 0 Å². The van der Waals surface area contributed by atoms with Gasteiger partial charge in [0.2, 0.25) is 11.8 Å². The Hall–Kier alpha value is -1.84. The SMILES string of the molecule is CC(=O)N(CCC(=O)Nc1c(C(C)C)cccc1C(C)C)C(C)C. The molecule has 0 saturated carbocycles. The number of carbonyl (C=O) groups is 2. The van der Waals surface area contributed by atoms with Gasteiger partial charge >= 0.3 is 0 Å². The van der Waals surface area contributed by atoms with Crippen molar-refractivity contribution in [3.63, 3.8) is 0 Å². The van der Waals surface area contributed by atoms with Crippen LogP contribution in [0.4, 0.5) is 5.69 Å². The minimum atomic E-state index is -0.0445. The Balaban J connectivity index is 2.92. The van der Waals surface area contributed by atoms with Gasteiger partial charge in [-0.2, -0.15) is 0 Å². The van der Waals surface area contributed by atoms with Crippen LogP contribution in [0.25, 0.3) is 0 Å². The third-order valence-corrected chi connectivity index (χ3v) is 4.24. The molecule has 0 radical (unpaired) electrons. The van der Waals surface area contributed by atoms with Gasteiger partial charge in [0.15, 0.2) is 0 Å². The van der Waals surface area contributed by atoms with E-state index in [-0.39, 0.29) is 17.9 Å². The highest BCUT2D eigenvalue weighted by Gasteiger charge is 2.18. The van der Waals surface area contributed by atoms with Gasteiger partial charge in [-0.15, -0.1) is 0 Å². The van der Waals surface area contributed by atoms with Crippen molar-refractivity contribution in [3.8, 4) is 0 Å². The van der Waals surface area contributed by atoms with Crippen LogP contribution in [0.1, 0.15) is 77.8 Å². The molecule has 1 aromatic rings. The molecule has 0 aromatic heterocycles. The van der Waals surface area contributed by atoms with Crippen molar-refractivity contribution in [3.05, 3.63) is 29.3 Å². The summed E-state index contributed by atoms with van der Waals surface area (Å²) < 4.78 is 0. The van der Waals surface area contributed by atoms with E-state index in [2.05, 4.69) is 51.2 Å². The topological polar surface area (TPSA) is 49.4 Å². The van der Waals surface area contributed by atoms with E-state index in [1.807, 2.05) is 13.8 Å². The van der Waals surface area contributed by atoms with Crippen LogP contribution in [-0.2, 0) is 9.59 Å². The molecule has 1 N–H and O–H groups in total. The monoisotopic (exact) mass is 332 g/mol. The zero-order chi connectivity index (χ0) is 18.4. The number of para-hydroxylation sites is 1. The lowest BCUT2D eigenvalue weighted by Crippen LogP contribution is -2.37. The van der Waals surface area contributed by atoms with Crippen molar-refractivity contribution in [1.82, 2.24) is 4.90 Å². The van der Waals surface area contributed by atoms with Crippen molar-refractivity contribution in [2.75, 3.05) is 11.9 Å². The normalized spacial score (nSPS) is 11.2. The summed E-state index contributed by atoms with van der Waals surface area (Å²) in [7, 11) is 0. The van der Waals surface area contributed by atoms with E-state index in [9.17, 15) is 9.59 Å². The minimum absolute atomic E-state index is 0.00301. The number of carbonyl (C=O) groups excluding carboxylic acids is 2. The summed E-state index contributed by atoms with van der Waals surface area (Å²) >= 11 is 0. The maximum Gasteiger partial charge on any atom is 0.226 e. The largest absolute Gasteiger partial charge is 0.340 e. The van der Waals surface area contributed by atoms with Crippen LogP contribution in [0.3, 0.4) is 0 Å². The van der Waals surface area contributed by atoms with Crippen LogP contribution in [0, 0.1) is 0 Å². The molecule has 0 saturated heterocycles. The average molecular weight is 332 g/mol. The standard InChI is InChI=1S/C20H32N2O2/c1-13(2)17-9-8-10-18(14(3)4)20(17)21-19(24)11-12-22(15(5)6)16(7)23/h8-10,13-15H,11-12H2,1-7H3,(H,21,24). The Morgan fingerprint density at radius 1 is 1.00 bits per heavy atom. The quantitative estimate of drug-likeness (QED) is 0.798. The van der Waals surface area contributed by atoms with Gasteiger partial charge in [-0.3, -0.25) is 9.59 Å². The van der Waals surface area contributed by atoms with Crippen LogP contribution in [-0.4, -0.2) is 29.3 Å². The summed E-state index contributed by atoms with van der Waals surface area (Å²) in [5.41, 5.74) is 3.25. The van der Waals surface area contributed by atoms with Gasteiger partial charge in [0.05, 0.1) is 0 Å².